The van der Waals surface area contributed by atoms with Gasteiger partial charge in [-0.15, -0.1) is 0 Å². The van der Waals surface area contributed by atoms with Gasteiger partial charge in [-0.05, 0) is 35.2 Å². The molecule has 3 rings (SSSR count). The second-order valence-corrected chi connectivity index (χ2v) is 11.8. The van der Waals surface area contributed by atoms with Crippen LogP contribution in [-0.4, -0.2) is 92.6 Å². The van der Waals surface area contributed by atoms with Crippen molar-refractivity contribution in [1.82, 2.24) is 26.3 Å². The van der Waals surface area contributed by atoms with E-state index in [-0.39, 0.29) is 18.6 Å². The lowest BCUT2D eigenvalue weighted by Crippen LogP contribution is -2.60. The third-order valence-electron chi connectivity index (χ3n) is 8.09. The summed E-state index contributed by atoms with van der Waals surface area (Å²) >= 11 is 0. The number of aromatic hydroxyl groups is 1. The predicted molar refractivity (Wildman–Crippen MR) is 177 cm³/mol. The Morgan fingerprint density at radius 2 is 1.41 bits per heavy atom. The standard InChI is InChI=1S/C33H43N7O9/c1-3-17(2)28(32(47)39-26(33(48)49)14-27(35)43)40-31(46)25(13-19-15-36-23-7-5-4-6-21(19)23)38-30(45)24(37-29(44)22(34)16-41)12-18-8-10-20(42)11-9-18/h4-11,15,17,22,24-26,28,36,41-42H,3,12-14,16,34H2,1-2H3,(H2,35,43)(H,37,44)(H,38,45)(H,39,47)(H,40,46)(H,48,49)/t17-,22-,24-,25-,26-,28-/m0/s1. The minimum absolute atomic E-state index is 0.0178. The molecule has 16 nitrogen and oxygen atoms in total. The van der Waals surface area contributed by atoms with Gasteiger partial charge in [0.05, 0.1) is 13.0 Å². The number of nitrogens with one attached hydrogen (secondary N) is 5. The molecule has 0 radical (unpaired) electrons. The quantitative estimate of drug-likeness (QED) is 0.0775. The Morgan fingerprint density at radius 1 is 0.816 bits per heavy atom. The van der Waals surface area contributed by atoms with E-state index in [0.29, 0.717) is 17.5 Å². The van der Waals surface area contributed by atoms with Crippen LogP contribution in [0, 0.1) is 5.92 Å². The Hall–Kier alpha value is -5.48. The number of aromatic amines is 1. The van der Waals surface area contributed by atoms with Crippen LogP contribution in [0.5, 0.6) is 5.75 Å². The number of aliphatic hydroxyl groups is 1. The number of aromatic nitrogens is 1. The molecule has 0 unspecified atom stereocenters. The predicted octanol–water partition coefficient (Wildman–Crippen LogP) is -1.08. The molecule has 0 saturated carbocycles. The van der Waals surface area contributed by atoms with Gasteiger partial charge in [0.1, 0.15) is 36.0 Å². The zero-order valence-electron chi connectivity index (χ0n) is 27.1. The molecule has 0 spiro atoms. The van der Waals surface area contributed by atoms with Crippen molar-refractivity contribution in [2.24, 2.45) is 17.4 Å². The molecule has 3 aromatic rings. The van der Waals surface area contributed by atoms with E-state index in [0.717, 1.165) is 10.9 Å². The molecule has 0 saturated heterocycles. The number of hydrogen-bond acceptors (Lipinski definition) is 9. The molecule has 12 N–H and O–H groups in total. The number of phenols is 1. The van der Waals surface area contributed by atoms with Crippen LogP contribution >= 0.6 is 0 Å². The van der Waals surface area contributed by atoms with E-state index < -0.39 is 84.7 Å². The maximum absolute atomic E-state index is 14.0. The molecule has 0 fully saturated rings. The molecule has 6 atom stereocenters. The van der Waals surface area contributed by atoms with Gasteiger partial charge < -0.3 is 53.0 Å². The fraction of sp³-hybridized carbons (Fsp3) is 0.394. The summed E-state index contributed by atoms with van der Waals surface area (Å²) in [7, 11) is 0. The van der Waals surface area contributed by atoms with Gasteiger partial charge in [0.15, 0.2) is 0 Å². The molecular formula is C33H43N7O9. The van der Waals surface area contributed by atoms with Crippen LogP contribution in [-0.2, 0) is 41.6 Å². The number of fused-ring (bicyclic) bond motifs is 1. The van der Waals surface area contributed by atoms with E-state index in [1.807, 2.05) is 18.2 Å². The topological polar surface area (TPSA) is 279 Å². The summed E-state index contributed by atoms with van der Waals surface area (Å²) in [5.74, 6) is -6.25. The van der Waals surface area contributed by atoms with Gasteiger partial charge in [0.2, 0.25) is 29.5 Å². The number of para-hydroxylation sites is 1. The van der Waals surface area contributed by atoms with Crippen LogP contribution in [0.25, 0.3) is 10.9 Å². The molecule has 16 heteroatoms. The third-order valence-corrected chi connectivity index (χ3v) is 8.09. The molecule has 0 aliphatic carbocycles. The van der Waals surface area contributed by atoms with Crippen molar-refractivity contribution in [3.8, 4) is 5.75 Å². The first kappa shape index (κ1) is 38.0. The van der Waals surface area contributed by atoms with Crippen molar-refractivity contribution in [3.05, 3.63) is 65.9 Å². The lowest BCUT2D eigenvalue weighted by atomic mass is 9.96. The number of carbonyl (C=O) groups is 6. The van der Waals surface area contributed by atoms with Crippen molar-refractivity contribution in [3.63, 3.8) is 0 Å². The number of carbonyl (C=O) groups excluding carboxylic acids is 5. The summed E-state index contributed by atoms with van der Waals surface area (Å²) in [6.45, 7) is 2.73. The van der Waals surface area contributed by atoms with Gasteiger partial charge in [-0.2, -0.15) is 0 Å². The Bertz CT molecular complexity index is 1640. The lowest BCUT2D eigenvalue weighted by molar-refractivity contribution is -0.144. The van der Waals surface area contributed by atoms with Crippen LogP contribution in [0.4, 0.5) is 0 Å². The van der Waals surface area contributed by atoms with Gasteiger partial charge in [0.25, 0.3) is 0 Å². The number of H-pyrrole nitrogens is 1. The molecule has 49 heavy (non-hydrogen) atoms. The highest BCUT2D eigenvalue weighted by molar-refractivity contribution is 5.96. The van der Waals surface area contributed by atoms with E-state index in [1.54, 1.807) is 38.2 Å². The van der Waals surface area contributed by atoms with Crippen molar-refractivity contribution >= 4 is 46.4 Å². The monoisotopic (exact) mass is 681 g/mol. The molecule has 0 aliphatic rings. The van der Waals surface area contributed by atoms with Crippen LogP contribution < -0.4 is 32.7 Å². The minimum atomic E-state index is -1.63. The number of carboxylic acid groups (broad SMARTS) is 1. The van der Waals surface area contributed by atoms with E-state index in [2.05, 4.69) is 26.3 Å². The van der Waals surface area contributed by atoms with Crippen LogP contribution in [0.1, 0.15) is 37.8 Å². The molecule has 2 aromatic carbocycles. The average Bonchev–Trinajstić information content (AvgIpc) is 3.48. The summed E-state index contributed by atoms with van der Waals surface area (Å²) in [5, 5.41) is 39.4. The first-order valence-electron chi connectivity index (χ1n) is 15.7. The second kappa shape index (κ2) is 17.6. The first-order valence-corrected chi connectivity index (χ1v) is 15.7. The zero-order chi connectivity index (χ0) is 36.2. The Kier molecular flexibility index (Phi) is 13.6. The fourth-order valence-electron chi connectivity index (χ4n) is 5.06. The SMILES string of the molecule is CC[C@H](C)[C@H](NC(=O)[C@H](Cc1c[nH]c2ccccc12)NC(=O)[C@H](Cc1ccc(O)cc1)NC(=O)[C@@H](N)CO)C(=O)N[C@@H](CC(N)=O)C(=O)O. The normalized spacial score (nSPS) is 14.8. The van der Waals surface area contributed by atoms with Crippen LogP contribution in [0.15, 0.2) is 54.7 Å². The number of benzene rings is 2. The van der Waals surface area contributed by atoms with Gasteiger partial charge in [0, 0.05) is 29.9 Å². The number of phenolic OH excluding ortho intramolecular Hbond substituents is 1. The Balaban J connectivity index is 1.96. The summed E-state index contributed by atoms with van der Waals surface area (Å²) in [6, 6.07) is 6.31. The van der Waals surface area contributed by atoms with E-state index in [4.69, 9.17) is 11.5 Å². The molecular weight excluding hydrogens is 638 g/mol. The van der Waals surface area contributed by atoms with E-state index in [1.165, 1.54) is 12.1 Å². The average molecular weight is 682 g/mol. The van der Waals surface area contributed by atoms with Gasteiger partial charge in [-0.25, -0.2) is 4.79 Å². The summed E-state index contributed by atoms with van der Waals surface area (Å²) < 4.78 is 0. The number of rotatable bonds is 18. The van der Waals surface area contributed by atoms with Crippen LogP contribution in [0.3, 0.4) is 0 Å². The number of nitrogens with two attached hydrogens (primary N) is 2. The summed E-state index contributed by atoms with van der Waals surface area (Å²) in [4.78, 5) is 80.1. The molecule has 1 aromatic heterocycles. The van der Waals surface area contributed by atoms with Crippen molar-refractivity contribution in [2.45, 2.75) is 69.7 Å². The molecule has 264 valence electrons. The minimum Gasteiger partial charge on any atom is -0.508 e. The van der Waals surface area contributed by atoms with Gasteiger partial charge in [-0.3, -0.25) is 24.0 Å². The maximum Gasteiger partial charge on any atom is 0.326 e. The van der Waals surface area contributed by atoms with E-state index in [9.17, 15) is 44.1 Å². The zero-order valence-corrected chi connectivity index (χ0v) is 27.1. The molecule has 1 heterocycles. The number of aliphatic carboxylic acids is 1. The van der Waals surface area contributed by atoms with Gasteiger partial charge >= 0.3 is 5.97 Å². The Morgan fingerprint density at radius 3 is 2.02 bits per heavy atom. The smallest absolute Gasteiger partial charge is 0.326 e. The first-order chi connectivity index (χ1) is 23.2. The second-order valence-electron chi connectivity index (χ2n) is 11.8. The molecule has 0 bridgehead atoms. The number of carboxylic acids is 1. The highest BCUT2D eigenvalue weighted by atomic mass is 16.4. The van der Waals surface area contributed by atoms with Crippen LogP contribution in [0.2, 0.25) is 0 Å². The number of aliphatic hydroxyl groups excluding tert-OH is 1. The Labute approximate surface area is 282 Å². The maximum atomic E-state index is 14.0. The van der Waals surface area contributed by atoms with Crippen molar-refractivity contribution in [1.29, 1.82) is 0 Å². The van der Waals surface area contributed by atoms with E-state index >= 15 is 0 Å². The fourth-order valence-corrected chi connectivity index (χ4v) is 5.06. The molecule has 0 aliphatic heterocycles. The number of hydrogen-bond donors (Lipinski definition) is 10. The van der Waals surface area contributed by atoms with Gasteiger partial charge in [-0.1, -0.05) is 50.6 Å². The molecule has 5 amide bonds. The summed E-state index contributed by atoms with van der Waals surface area (Å²) in [5.41, 5.74) is 12.8. The summed E-state index contributed by atoms with van der Waals surface area (Å²) in [6.07, 6.45) is 1.25. The van der Waals surface area contributed by atoms with Crippen molar-refractivity contribution in [2.75, 3.05) is 6.61 Å². The highest BCUT2D eigenvalue weighted by Crippen LogP contribution is 2.20. The third kappa shape index (κ3) is 10.8. The van der Waals surface area contributed by atoms with Crippen molar-refractivity contribution < 1.29 is 44.1 Å². The largest absolute Gasteiger partial charge is 0.508 e. The lowest BCUT2D eigenvalue weighted by Gasteiger charge is -2.28. The number of amides is 5. The number of primary amides is 1. The highest BCUT2D eigenvalue weighted by Gasteiger charge is 2.34.